The van der Waals surface area contributed by atoms with Gasteiger partial charge in [0.25, 0.3) is 0 Å². The van der Waals surface area contributed by atoms with Gasteiger partial charge in [0.05, 0.1) is 14.2 Å². The Hall–Kier alpha value is -2.25. The lowest BCUT2D eigenvalue weighted by molar-refractivity contribution is 0.318. The van der Waals surface area contributed by atoms with Crippen LogP contribution in [0, 0.1) is 13.8 Å². The molecule has 0 radical (unpaired) electrons. The largest absolute Gasteiger partial charge is 0.497 e. The average molecular weight is 365 g/mol. The molecule has 136 valence electrons. The Balaban J connectivity index is 2.03. The van der Waals surface area contributed by atoms with Crippen molar-refractivity contribution in [3.05, 3.63) is 47.5 Å². The summed E-state index contributed by atoms with van der Waals surface area (Å²) in [5.74, 6) is 1.53. The molecule has 0 atom stereocenters. The number of aryl methyl sites for hydroxylation is 2. The molecule has 25 heavy (non-hydrogen) atoms. The van der Waals surface area contributed by atoms with E-state index in [0.717, 1.165) is 16.9 Å². The topological polar surface area (TPSA) is 73.9 Å². The summed E-state index contributed by atoms with van der Waals surface area (Å²) in [6.45, 7) is 4.28. The van der Waals surface area contributed by atoms with E-state index in [4.69, 9.17) is 14.2 Å². The van der Waals surface area contributed by atoms with Crippen LogP contribution in [0.25, 0.3) is 0 Å². The first-order valence-corrected chi connectivity index (χ1v) is 9.28. The number of benzene rings is 2. The highest BCUT2D eigenvalue weighted by Gasteiger charge is 2.19. The molecule has 0 aliphatic rings. The maximum absolute atomic E-state index is 12.5. The predicted octanol–water partition coefficient (Wildman–Crippen LogP) is 2.68. The van der Waals surface area contributed by atoms with Gasteiger partial charge in [-0.15, -0.1) is 0 Å². The Labute approximate surface area is 148 Å². The lowest BCUT2D eigenvalue weighted by Gasteiger charge is -2.14. The van der Waals surface area contributed by atoms with E-state index >= 15 is 0 Å². The first-order chi connectivity index (χ1) is 11.9. The van der Waals surface area contributed by atoms with Gasteiger partial charge in [0, 0.05) is 12.6 Å². The normalized spacial score (nSPS) is 11.2. The number of ether oxygens (including phenoxy) is 3. The van der Waals surface area contributed by atoms with E-state index in [0.29, 0.717) is 5.75 Å². The summed E-state index contributed by atoms with van der Waals surface area (Å²) < 4.78 is 43.4. The second-order valence-corrected chi connectivity index (χ2v) is 7.22. The molecule has 0 aliphatic carbocycles. The smallest absolute Gasteiger partial charge is 0.244 e. The standard InChI is InChI=1S/C18H23NO5S/c1-13-6-5-7-14(2)18(13)24-11-10-19-25(20,21)17-9-8-15(22-3)12-16(17)23-4/h5-9,12,19H,10-11H2,1-4H3. The van der Waals surface area contributed by atoms with Crippen molar-refractivity contribution in [1.29, 1.82) is 0 Å². The Morgan fingerprint density at radius 3 is 2.28 bits per heavy atom. The Bertz CT molecular complexity index is 813. The molecule has 0 fully saturated rings. The van der Waals surface area contributed by atoms with E-state index in [1.54, 1.807) is 6.07 Å². The molecular formula is C18H23NO5S. The third-order valence-corrected chi connectivity index (χ3v) is 5.21. The van der Waals surface area contributed by atoms with Crippen LogP contribution in [-0.4, -0.2) is 35.8 Å². The number of rotatable bonds is 8. The molecule has 0 amide bonds. The van der Waals surface area contributed by atoms with Gasteiger partial charge < -0.3 is 14.2 Å². The van der Waals surface area contributed by atoms with Gasteiger partial charge in [-0.25, -0.2) is 13.1 Å². The maximum Gasteiger partial charge on any atom is 0.244 e. The van der Waals surface area contributed by atoms with E-state index in [9.17, 15) is 8.42 Å². The second kappa shape index (κ2) is 8.22. The molecule has 0 saturated heterocycles. The Morgan fingerprint density at radius 2 is 1.68 bits per heavy atom. The fourth-order valence-electron chi connectivity index (χ4n) is 2.43. The molecule has 0 spiro atoms. The van der Waals surface area contributed by atoms with Crippen molar-refractivity contribution < 1.29 is 22.6 Å². The van der Waals surface area contributed by atoms with Crippen molar-refractivity contribution in [1.82, 2.24) is 4.72 Å². The minimum Gasteiger partial charge on any atom is -0.497 e. The van der Waals surface area contributed by atoms with Crippen molar-refractivity contribution in [2.45, 2.75) is 18.7 Å². The quantitative estimate of drug-likeness (QED) is 0.728. The molecule has 0 saturated carbocycles. The molecule has 0 aliphatic heterocycles. The zero-order chi connectivity index (χ0) is 18.4. The molecule has 2 aromatic carbocycles. The second-order valence-electron chi connectivity index (χ2n) is 5.48. The van der Waals surface area contributed by atoms with Crippen molar-refractivity contribution >= 4 is 10.0 Å². The van der Waals surface area contributed by atoms with Crippen LogP contribution in [0.3, 0.4) is 0 Å². The van der Waals surface area contributed by atoms with Crippen LogP contribution in [0.2, 0.25) is 0 Å². The van der Waals surface area contributed by atoms with Gasteiger partial charge in [-0.1, -0.05) is 18.2 Å². The zero-order valence-electron chi connectivity index (χ0n) is 14.8. The zero-order valence-corrected chi connectivity index (χ0v) is 15.6. The van der Waals surface area contributed by atoms with Gasteiger partial charge in [0.2, 0.25) is 10.0 Å². The minimum absolute atomic E-state index is 0.0582. The molecule has 7 heteroatoms. The first kappa shape index (κ1) is 19.1. The molecule has 0 bridgehead atoms. The van der Waals surface area contributed by atoms with E-state index in [-0.39, 0.29) is 23.8 Å². The number of sulfonamides is 1. The summed E-state index contributed by atoms with van der Waals surface area (Å²) in [7, 11) is -0.793. The molecule has 6 nitrogen and oxygen atoms in total. The van der Waals surface area contributed by atoms with Gasteiger partial charge in [0.1, 0.15) is 28.8 Å². The predicted molar refractivity (Wildman–Crippen MR) is 96.1 cm³/mol. The van der Waals surface area contributed by atoms with E-state index in [1.165, 1.54) is 26.4 Å². The van der Waals surface area contributed by atoms with Gasteiger partial charge in [0.15, 0.2) is 0 Å². The van der Waals surface area contributed by atoms with Crippen LogP contribution < -0.4 is 18.9 Å². The van der Waals surface area contributed by atoms with Crippen LogP contribution in [-0.2, 0) is 10.0 Å². The number of para-hydroxylation sites is 1. The third-order valence-electron chi connectivity index (χ3n) is 3.71. The molecule has 2 aromatic rings. The summed E-state index contributed by atoms with van der Waals surface area (Å²) in [6, 6.07) is 10.4. The summed E-state index contributed by atoms with van der Waals surface area (Å²) >= 11 is 0. The SMILES string of the molecule is COc1ccc(S(=O)(=O)NCCOc2c(C)cccc2C)c(OC)c1. The van der Waals surface area contributed by atoms with Crippen LogP contribution in [0.15, 0.2) is 41.3 Å². The monoisotopic (exact) mass is 365 g/mol. The fraction of sp³-hybridized carbons (Fsp3) is 0.333. The number of methoxy groups -OCH3 is 2. The van der Waals surface area contributed by atoms with Crippen molar-refractivity contribution in [2.24, 2.45) is 0 Å². The molecule has 0 unspecified atom stereocenters. The number of nitrogens with one attached hydrogen (secondary N) is 1. The van der Waals surface area contributed by atoms with E-state index < -0.39 is 10.0 Å². The fourth-order valence-corrected chi connectivity index (χ4v) is 3.59. The first-order valence-electron chi connectivity index (χ1n) is 7.79. The lowest BCUT2D eigenvalue weighted by Crippen LogP contribution is -2.28. The molecular weight excluding hydrogens is 342 g/mol. The van der Waals surface area contributed by atoms with Crippen LogP contribution >= 0.6 is 0 Å². The highest BCUT2D eigenvalue weighted by molar-refractivity contribution is 7.89. The average Bonchev–Trinajstić information content (AvgIpc) is 2.60. The number of hydrogen-bond donors (Lipinski definition) is 1. The summed E-state index contributed by atoms with van der Waals surface area (Å²) in [5.41, 5.74) is 2.03. The Kier molecular flexibility index (Phi) is 6.27. The van der Waals surface area contributed by atoms with Crippen molar-refractivity contribution in [2.75, 3.05) is 27.4 Å². The third kappa shape index (κ3) is 4.64. The van der Waals surface area contributed by atoms with E-state index in [1.807, 2.05) is 32.0 Å². The van der Waals surface area contributed by atoms with Gasteiger partial charge in [-0.2, -0.15) is 0 Å². The lowest BCUT2D eigenvalue weighted by atomic mass is 10.1. The van der Waals surface area contributed by atoms with Crippen molar-refractivity contribution in [3.63, 3.8) is 0 Å². The summed E-state index contributed by atoms with van der Waals surface area (Å²) in [6.07, 6.45) is 0. The Morgan fingerprint density at radius 1 is 1.00 bits per heavy atom. The molecule has 2 rings (SSSR count). The highest BCUT2D eigenvalue weighted by Crippen LogP contribution is 2.28. The van der Waals surface area contributed by atoms with Crippen LogP contribution in [0.5, 0.6) is 17.2 Å². The summed E-state index contributed by atoms with van der Waals surface area (Å²) in [4.78, 5) is 0.0582. The number of hydrogen-bond acceptors (Lipinski definition) is 5. The molecule has 0 aromatic heterocycles. The van der Waals surface area contributed by atoms with Crippen LogP contribution in [0.4, 0.5) is 0 Å². The molecule has 0 heterocycles. The highest BCUT2D eigenvalue weighted by atomic mass is 32.2. The molecule has 1 N–H and O–H groups in total. The van der Waals surface area contributed by atoms with Crippen molar-refractivity contribution in [3.8, 4) is 17.2 Å². The van der Waals surface area contributed by atoms with Gasteiger partial charge >= 0.3 is 0 Å². The van der Waals surface area contributed by atoms with Gasteiger partial charge in [-0.3, -0.25) is 0 Å². The minimum atomic E-state index is -3.71. The van der Waals surface area contributed by atoms with Gasteiger partial charge in [-0.05, 0) is 37.1 Å². The maximum atomic E-state index is 12.5. The van der Waals surface area contributed by atoms with E-state index in [2.05, 4.69) is 4.72 Å². The summed E-state index contributed by atoms with van der Waals surface area (Å²) in [5, 5.41) is 0. The van der Waals surface area contributed by atoms with Crippen LogP contribution in [0.1, 0.15) is 11.1 Å².